The summed E-state index contributed by atoms with van der Waals surface area (Å²) in [5.41, 5.74) is 0. The Bertz CT molecular complexity index is 894. The van der Waals surface area contributed by atoms with E-state index in [1.54, 1.807) is 0 Å². The van der Waals surface area contributed by atoms with Gasteiger partial charge in [0.2, 0.25) is 0 Å². The summed E-state index contributed by atoms with van der Waals surface area (Å²) in [5.74, 6) is 3.64. The average Bonchev–Trinajstić information content (AvgIpc) is 2.84. The Hall–Kier alpha value is -2.44. The van der Waals surface area contributed by atoms with Crippen LogP contribution in [0.5, 0.6) is 0 Å². The van der Waals surface area contributed by atoms with E-state index in [4.69, 9.17) is 0 Å². The fourth-order valence-electron chi connectivity index (χ4n) is 3.76. The van der Waals surface area contributed by atoms with Crippen molar-refractivity contribution in [3.05, 3.63) is 91.0 Å². The minimum atomic E-state index is -6.00. The molecule has 0 aliphatic carbocycles. The smallest absolute Gasteiger partial charge is 0.418 e. The summed E-state index contributed by atoms with van der Waals surface area (Å²) in [6.45, 7) is 2.27. The second-order valence-corrected chi connectivity index (χ2v) is 14.5. The topological polar surface area (TPSA) is 0 Å². The maximum absolute atomic E-state index is 9.75. The maximum atomic E-state index is 9.75. The number of halogens is 4. The minimum absolute atomic E-state index is 1.00. The zero-order valence-corrected chi connectivity index (χ0v) is 21.5. The molecule has 3 aromatic rings. The summed E-state index contributed by atoms with van der Waals surface area (Å²) >= 11 is -2.82. The summed E-state index contributed by atoms with van der Waals surface area (Å²) in [4.78, 5) is 0. The fourth-order valence-corrected chi connectivity index (χ4v) is 11.1. The zero-order valence-electron chi connectivity index (χ0n) is 19.6. The largest absolute Gasteiger partial charge is 0.673 e. The summed E-state index contributed by atoms with van der Waals surface area (Å²) in [6, 6.07) is 33.0. The van der Waals surface area contributed by atoms with Gasteiger partial charge in [0.25, 0.3) is 0 Å². The molecule has 180 valence electrons. The third kappa shape index (κ3) is 9.43. The van der Waals surface area contributed by atoms with Gasteiger partial charge >= 0.3 is 187 Å². The van der Waals surface area contributed by atoms with Crippen LogP contribution >= 0.6 is 0 Å². The van der Waals surface area contributed by atoms with Gasteiger partial charge in [0.05, 0.1) is 0 Å². The second kappa shape index (κ2) is 14.7. The van der Waals surface area contributed by atoms with Crippen LogP contribution in [-0.2, 0) is 0 Å². The molecule has 0 aliphatic heterocycles. The Labute approximate surface area is 204 Å². The van der Waals surface area contributed by atoms with Gasteiger partial charge in [-0.2, -0.15) is 0 Å². The molecule has 0 amide bonds. The predicted octanol–water partition coefficient (Wildman–Crippen LogP) is 6.75. The van der Waals surface area contributed by atoms with Crippen molar-refractivity contribution in [2.75, 3.05) is 0 Å². The number of benzene rings is 3. The van der Waals surface area contributed by atoms with Gasteiger partial charge in [-0.05, 0) is 0 Å². The molecule has 0 spiro atoms. The van der Waals surface area contributed by atoms with Crippen molar-refractivity contribution in [2.45, 2.75) is 51.9 Å². The first-order valence-corrected chi connectivity index (χ1v) is 15.6. The van der Waals surface area contributed by atoms with Gasteiger partial charge in [0.15, 0.2) is 0 Å². The molecule has 0 nitrogen and oxygen atoms in total. The Morgan fingerprint density at radius 1 is 0.588 bits per heavy atom. The van der Waals surface area contributed by atoms with Crippen LogP contribution in [0.15, 0.2) is 91.0 Å². The number of hydrogen-bond acceptors (Lipinski definition) is 0. The second-order valence-electron chi connectivity index (χ2n) is 7.98. The molecule has 6 heteroatoms. The van der Waals surface area contributed by atoms with Crippen molar-refractivity contribution in [3.8, 4) is 10.6 Å². The van der Waals surface area contributed by atoms with E-state index < -0.39 is 20.8 Å². The van der Waals surface area contributed by atoms with E-state index in [9.17, 15) is 17.3 Å². The van der Waals surface area contributed by atoms with E-state index in [1.807, 2.05) is 0 Å². The molecular formula is C28H32AsBF4. The van der Waals surface area contributed by atoms with E-state index in [0.29, 0.717) is 0 Å². The maximum Gasteiger partial charge on any atom is 0.673 e. The SMILES string of the molecule is CCCCCCCCC#C[As+](c1ccccc1)(c1ccccc1)c1ccccc1.F[B-](F)(F)F. The average molecular weight is 530 g/mol. The molecule has 0 heterocycles. The third-order valence-corrected chi connectivity index (χ3v) is 13.1. The summed E-state index contributed by atoms with van der Waals surface area (Å²) < 4.78 is 47.1. The Morgan fingerprint density at radius 3 is 1.32 bits per heavy atom. The fraction of sp³-hybridized carbons (Fsp3) is 0.286. The molecule has 3 rings (SSSR count). The quantitative estimate of drug-likeness (QED) is 0.124. The van der Waals surface area contributed by atoms with E-state index >= 15 is 0 Å². The van der Waals surface area contributed by atoms with Crippen molar-refractivity contribution in [1.29, 1.82) is 0 Å². The van der Waals surface area contributed by atoms with Crippen LogP contribution in [0, 0.1) is 10.6 Å². The van der Waals surface area contributed by atoms with E-state index in [0.717, 1.165) is 6.42 Å². The van der Waals surface area contributed by atoms with Gasteiger partial charge in [0, 0.05) is 0 Å². The number of hydrogen-bond donors (Lipinski definition) is 0. The molecule has 0 N–H and O–H groups in total. The standard InChI is InChI=1S/C28H32As.BF4/c1-2-3-4-5-6-7-8-18-25-29(26-19-12-9-13-20-26,27-21-14-10-15-22-27)28-23-16-11-17-24-28;2-1(3,4)5/h9-17,19-24H,2-8H2,1H3;/q+1;-1. The molecule has 0 aromatic heterocycles. The molecule has 0 bridgehead atoms. The van der Waals surface area contributed by atoms with Crippen LogP contribution in [0.1, 0.15) is 51.9 Å². The molecule has 34 heavy (non-hydrogen) atoms. The predicted molar refractivity (Wildman–Crippen MR) is 140 cm³/mol. The van der Waals surface area contributed by atoms with Gasteiger partial charge in [-0.1, -0.05) is 0 Å². The molecule has 0 atom stereocenters. The van der Waals surface area contributed by atoms with Gasteiger partial charge in [-0.15, -0.1) is 0 Å². The van der Waals surface area contributed by atoms with Crippen LogP contribution in [0.4, 0.5) is 17.3 Å². The van der Waals surface area contributed by atoms with E-state index in [1.165, 1.54) is 51.6 Å². The van der Waals surface area contributed by atoms with Crippen LogP contribution in [0.25, 0.3) is 0 Å². The molecule has 0 radical (unpaired) electrons. The van der Waals surface area contributed by atoms with Gasteiger partial charge < -0.3 is 17.3 Å². The van der Waals surface area contributed by atoms with Crippen molar-refractivity contribution < 1.29 is 17.3 Å². The number of rotatable bonds is 9. The monoisotopic (exact) mass is 530 g/mol. The first kappa shape index (κ1) is 27.8. The van der Waals surface area contributed by atoms with Crippen molar-refractivity contribution in [2.24, 2.45) is 0 Å². The number of unbranched alkanes of at least 4 members (excludes halogenated alkanes) is 6. The van der Waals surface area contributed by atoms with Crippen molar-refractivity contribution >= 4 is 33.9 Å². The Balaban J connectivity index is 0.000000739. The van der Waals surface area contributed by atoms with Gasteiger partial charge in [-0.3, -0.25) is 0 Å². The van der Waals surface area contributed by atoms with Crippen LogP contribution in [0.2, 0.25) is 0 Å². The molecule has 0 fully saturated rings. The van der Waals surface area contributed by atoms with Crippen molar-refractivity contribution in [3.63, 3.8) is 0 Å². The summed E-state index contributed by atoms with van der Waals surface area (Å²) in [6.07, 6.45) is 8.89. The normalized spacial score (nSPS) is 11.1. The third-order valence-electron chi connectivity index (χ3n) is 5.33. The Morgan fingerprint density at radius 2 is 0.941 bits per heavy atom. The summed E-state index contributed by atoms with van der Waals surface area (Å²) in [7, 11) is -6.00. The first-order valence-electron chi connectivity index (χ1n) is 11.8. The molecule has 0 saturated carbocycles. The minimum Gasteiger partial charge on any atom is -0.418 e. The zero-order chi connectivity index (χ0) is 24.7. The molecular weight excluding hydrogens is 498 g/mol. The Kier molecular flexibility index (Phi) is 12.1. The molecule has 0 aliphatic rings. The van der Waals surface area contributed by atoms with Crippen LogP contribution < -0.4 is 13.1 Å². The van der Waals surface area contributed by atoms with E-state index in [-0.39, 0.29) is 0 Å². The molecule has 0 unspecified atom stereocenters. The van der Waals surface area contributed by atoms with E-state index in [2.05, 4.69) is 109 Å². The molecule has 3 aromatic carbocycles. The van der Waals surface area contributed by atoms with Crippen LogP contribution in [0.3, 0.4) is 0 Å². The van der Waals surface area contributed by atoms with Crippen molar-refractivity contribution in [1.82, 2.24) is 0 Å². The summed E-state index contributed by atoms with van der Waals surface area (Å²) in [5, 5.41) is 0. The van der Waals surface area contributed by atoms with Gasteiger partial charge in [0.1, 0.15) is 0 Å². The molecule has 0 saturated heterocycles. The van der Waals surface area contributed by atoms with Crippen LogP contribution in [-0.4, -0.2) is 20.8 Å². The van der Waals surface area contributed by atoms with Gasteiger partial charge in [-0.25, -0.2) is 0 Å². The first-order chi connectivity index (χ1) is 16.4.